The van der Waals surface area contributed by atoms with Crippen LogP contribution in [0.5, 0.6) is 0 Å². The summed E-state index contributed by atoms with van der Waals surface area (Å²) in [6.45, 7) is 1.02. The summed E-state index contributed by atoms with van der Waals surface area (Å²) in [6.07, 6.45) is 6.83. The van der Waals surface area contributed by atoms with Gasteiger partial charge < -0.3 is 15.0 Å². The third-order valence-corrected chi connectivity index (χ3v) is 2.50. The second-order valence-corrected chi connectivity index (χ2v) is 3.76. The molecule has 0 aliphatic rings. The molecule has 0 fully saturated rings. The summed E-state index contributed by atoms with van der Waals surface area (Å²) >= 11 is 0. The Hall–Kier alpha value is -2.14. The minimum Gasteiger partial charge on any atom is -0.383 e. The van der Waals surface area contributed by atoms with E-state index in [1.807, 2.05) is 18.3 Å². The van der Waals surface area contributed by atoms with Crippen LogP contribution in [-0.2, 0) is 9.53 Å². The molecule has 0 spiro atoms. The molecule has 94 valence electrons. The lowest BCUT2D eigenvalue weighted by Gasteiger charge is -1.99. The fourth-order valence-electron chi connectivity index (χ4n) is 1.62. The maximum absolute atomic E-state index is 11.5. The van der Waals surface area contributed by atoms with Crippen molar-refractivity contribution in [2.75, 3.05) is 20.3 Å². The van der Waals surface area contributed by atoms with Crippen LogP contribution >= 0.6 is 0 Å². The number of H-pyrrole nitrogens is 1. The van der Waals surface area contributed by atoms with Crippen LogP contribution in [0.2, 0.25) is 0 Å². The predicted octanol–water partition coefficient (Wildman–Crippen LogP) is 1.34. The van der Waals surface area contributed by atoms with Gasteiger partial charge in [-0.1, -0.05) is 0 Å². The third-order valence-electron chi connectivity index (χ3n) is 2.50. The van der Waals surface area contributed by atoms with E-state index in [0.717, 1.165) is 16.6 Å². The zero-order valence-electron chi connectivity index (χ0n) is 10.1. The first kappa shape index (κ1) is 12.3. The number of carbonyl (C=O) groups excluding carboxylic acids is 1. The topological polar surface area (TPSA) is 67.0 Å². The molecule has 18 heavy (non-hydrogen) atoms. The summed E-state index contributed by atoms with van der Waals surface area (Å²) < 4.78 is 4.85. The summed E-state index contributed by atoms with van der Waals surface area (Å²) in [5.41, 5.74) is 1.76. The van der Waals surface area contributed by atoms with E-state index in [1.54, 1.807) is 19.4 Å². The number of ether oxygens (including phenoxy) is 1. The number of hydrogen-bond acceptors (Lipinski definition) is 3. The van der Waals surface area contributed by atoms with Gasteiger partial charge in [0.2, 0.25) is 5.91 Å². The van der Waals surface area contributed by atoms with Gasteiger partial charge in [-0.15, -0.1) is 0 Å². The van der Waals surface area contributed by atoms with Gasteiger partial charge >= 0.3 is 0 Å². The molecule has 0 bridgehead atoms. The SMILES string of the molecule is COCCNC(=O)C=Cc1c[nH]c2ncccc12. The van der Waals surface area contributed by atoms with Crippen molar-refractivity contribution >= 4 is 23.0 Å². The molecule has 0 aliphatic heterocycles. The monoisotopic (exact) mass is 245 g/mol. The number of pyridine rings is 1. The fraction of sp³-hybridized carbons (Fsp3) is 0.231. The number of aromatic amines is 1. The van der Waals surface area contributed by atoms with E-state index < -0.39 is 0 Å². The average Bonchev–Trinajstić information content (AvgIpc) is 2.80. The number of nitrogens with one attached hydrogen (secondary N) is 2. The van der Waals surface area contributed by atoms with Crippen LogP contribution in [0.4, 0.5) is 0 Å². The Morgan fingerprint density at radius 2 is 2.50 bits per heavy atom. The average molecular weight is 245 g/mol. The van der Waals surface area contributed by atoms with E-state index in [1.165, 1.54) is 6.08 Å². The van der Waals surface area contributed by atoms with Gasteiger partial charge in [0.25, 0.3) is 0 Å². The number of amides is 1. The Morgan fingerprint density at radius 3 is 3.33 bits per heavy atom. The number of rotatable bonds is 5. The second kappa shape index (κ2) is 5.97. The Labute approximate surface area is 105 Å². The zero-order chi connectivity index (χ0) is 12.8. The molecule has 1 amide bonds. The van der Waals surface area contributed by atoms with Gasteiger partial charge in [-0.25, -0.2) is 4.98 Å². The summed E-state index contributed by atoms with van der Waals surface area (Å²) in [4.78, 5) is 18.7. The molecule has 2 N–H and O–H groups in total. The summed E-state index contributed by atoms with van der Waals surface area (Å²) in [6, 6.07) is 3.83. The van der Waals surface area contributed by atoms with Crippen molar-refractivity contribution in [2.45, 2.75) is 0 Å². The molecule has 0 aliphatic carbocycles. The first-order valence-electron chi connectivity index (χ1n) is 5.68. The van der Waals surface area contributed by atoms with Crippen molar-refractivity contribution in [3.8, 4) is 0 Å². The Morgan fingerprint density at radius 1 is 1.61 bits per heavy atom. The van der Waals surface area contributed by atoms with Crippen LogP contribution in [0, 0.1) is 0 Å². The molecule has 0 saturated carbocycles. The molecular weight excluding hydrogens is 230 g/mol. The molecule has 0 saturated heterocycles. The van der Waals surface area contributed by atoms with Crippen molar-refractivity contribution in [1.29, 1.82) is 0 Å². The van der Waals surface area contributed by atoms with E-state index in [9.17, 15) is 4.79 Å². The number of methoxy groups -OCH3 is 1. The molecule has 0 atom stereocenters. The van der Waals surface area contributed by atoms with Crippen LogP contribution in [0.25, 0.3) is 17.1 Å². The lowest BCUT2D eigenvalue weighted by atomic mass is 10.2. The van der Waals surface area contributed by atoms with E-state index in [4.69, 9.17) is 4.74 Å². The molecule has 0 unspecified atom stereocenters. The molecule has 0 aromatic carbocycles. The predicted molar refractivity (Wildman–Crippen MR) is 70.0 cm³/mol. The van der Waals surface area contributed by atoms with E-state index >= 15 is 0 Å². The molecule has 2 heterocycles. The van der Waals surface area contributed by atoms with Crippen molar-refractivity contribution in [3.05, 3.63) is 36.2 Å². The highest BCUT2D eigenvalue weighted by Gasteiger charge is 2.01. The summed E-state index contributed by atoms with van der Waals surface area (Å²) in [5, 5.41) is 3.72. The summed E-state index contributed by atoms with van der Waals surface area (Å²) in [7, 11) is 1.60. The summed E-state index contributed by atoms with van der Waals surface area (Å²) in [5.74, 6) is -0.134. The molecule has 2 aromatic heterocycles. The zero-order valence-corrected chi connectivity index (χ0v) is 10.1. The van der Waals surface area contributed by atoms with Crippen LogP contribution in [0.1, 0.15) is 5.56 Å². The lowest BCUT2D eigenvalue weighted by molar-refractivity contribution is -0.116. The molecule has 5 nitrogen and oxygen atoms in total. The number of nitrogens with zero attached hydrogens (tertiary/aromatic N) is 1. The smallest absolute Gasteiger partial charge is 0.244 e. The van der Waals surface area contributed by atoms with Crippen molar-refractivity contribution in [1.82, 2.24) is 15.3 Å². The minimum atomic E-state index is -0.134. The minimum absolute atomic E-state index is 0.134. The van der Waals surface area contributed by atoms with Gasteiger partial charge in [0.1, 0.15) is 5.65 Å². The van der Waals surface area contributed by atoms with Crippen molar-refractivity contribution in [2.24, 2.45) is 0 Å². The van der Waals surface area contributed by atoms with E-state index in [2.05, 4.69) is 15.3 Å². The van der Waals surface area contributed by atoms with Gasteiger partial charge in [0.05, 0.1) is 6.61 Å². The maximum atomic E-state index is 11.5. The van der Waals surface area contributed by atoms with Crippen LogP contribution in [-0.4, -0.2) is 36.1 Å². The number of carbonyl (C=O) groups is 1. The standard InChI is InChI=1S/C13H15N3O2/c1-18-8-7-14-12(17)5-4-10-9-16-13-11(10)3-2-6-15-13/h2-6,9H,7-8H2,1H3,(H,14,17)(H,15,16). The van der Waals surface area contributed by atoms with Crippen LogP contribution in [0.3, 0.4) is 0 Å². The second-order valence-electron chi connectivity index (χ2n) is 3.76. The van der Waals surface area contributed by atoms with Crippen LogP contribution < -0.4 is 5.32 Å². The molecule has 0 radical (unpaired) electrons. The number of hydrogen-bond donors (Lipinski definition) is 2. The first-order valence-corrected chi connectivity index (χ1v) is 5.68. The fourth-order valence-corrected chi connectivity index (χ4v) is 1.62. The largest absolute Gasteiger partial charge is 0.383 e. The normalized spacial score (nSPS) is 11.2. The van der Waals surface area contributed by atoms with Gasteiger partial charge in [0.15, 0.2) is 0 Å². The lowest BCUT2D eigenvalue weighted by Crippen LogP contribution is -2.24. The van der Waals surface area contributed by atoms with Gasteiger partial charge in [-0.3, -0.25) is 4.79 Å². The molecule has 5 heteroatoms. The molecule has 2 rings (SSSR count). The Bertz CT molecular complexity index is 560. The third kappa shape index (κ3) is 2.95. The highest BCUT2D eigenvalue weighted by Crippen LogP contribution is 2.16. The van der Waals surface area contributed by atoms with E-state index in [-0.39, 0.29) is 5.91 Å². The van der Waals surface area contributed by atoms with Crippen molar-refractivity contribution < 1.29 is 9.53 Å². The quantitative estimate of drug-likeness (QED) is 0.617. The molecular formula is C13H15N3O2. The van der Waals surface area contributed by atoms with Gasteiger partial charge in [-0.05, 0) is 18.2 Å². The highest BCUT2D eigenvalue weighted by atomic mass is 16.5. The highest BCUT2D eigenvalue weighted by molar-refractivity contribution is 5.95. The van der Waals surface area contributed by atoms with E-state index in [0.29, 0.717) is 13.2 Å². The first-order chi connectivity index (χ1) is 8.81. The van der Waals surface area contributed by atoms with Gasteiger partial charge in [-0.2, -0.15) is 0 Å². The van der Waals surface area contributed by atoms with Crippen molar-refractivity contribution in [3.63, 3.8) is 0 Å². The number of aromatic nitrogens is 2. The maximum Gasteiger partial charge on any atom is 0.244 e. The van der Waals surface area contributed by atoms with Gasteiger partial charge in [0, 0.05) is 43.1 Å². The van der Waals surface area contributed by atoms with Crippen LogP contribution in [0.15, 0.2) is 30.6 Å². The number of fused-ring (bicyclic) bond motifs is 1. The Kier molecular flexibility index (Phi) is 4.09. The Balaban J connectivity index is 2.02. The molecule has 2 aromatic rings.